The van der Waals surface area contributed by atoms with E-state index in [4.69, 9.17) is 16.6 Å². The molecule has 142 valence electrons. The highest BCUT2D eigenvalue weighted by Crippen LogP contribution is 2.27. The maximum absolute atomic E-state index is 12.8. The first-order chi connectivity index (χ1) is 13.7. The second kappa shape index (κ2) is 8.53. The molecule has 0 saturated carbocycles. The second-order valence-corrected chi connectivity index (χ2v) is 7.62. The SMILES string of the molecule is O=C(c1ccncc1)N1CCC[C@H](c2cccc(Cc3ccc(Cl)cc3)n2)C1. The van der Waals surface area contributed by atoms with Crippen LogP contribution in [0.25, 0.3) is 0 Å². The predicted molar refractivity (Wildman–Crippen MR) is 111 cm³/mol. The van der Waals surface area contributed by atoms with Gasteiger partial charge in [0.1, 0.15) is 0 Å². The van der Waals surface area contributed by atoms with Crippen LogP contribution in [0.2, 0.25) is 5.02 Å². The Morgan fingerprint density at radius 2 is 1.86 bits per heavy atom. The number of aromatic nitrogens is 2. The van der Waals surface area contributed by atoms with Crippen molar-refractivity contribution in [2.45, 2.75) is 25.2 Å². The van der Waals surface area contributed by atoms with Gasteiger partial charge in [-0.3, -0.25) is 14.8 Å². The van der Waals surface area contributed by atoms with E-state index in [2.05, 4.69) is 23.2 Å². The zero-order chi connectivity index (χ0) is 19.3. The summed E-state index contributed by atoms with van der Waals surface area (Å²) in [5.74, 6) is 0.342. The maximum Gasteiger partial charge on any atom is 0.253 e. The first-order valence-electron chi connectivity index (χ1n) is 9.58. The number of likely N-dealkylation sites (tertiary alicyclic amines) is 1. The predicted octanol–water partition coefficient (Wildman–Crippen LogP) is 4.74. The highest BCUT2D eigenvalue weighted by atomic mass is 35.5. The number of rotatable bonds is 4. The van der Waals surface area contributed by atoms with Crippen LogP contribution in [-0.4, -0.2) is 33.9 Å². The number of carbonyl (C=O) groups excluding carboxylic acids is 1. The fourth-order valence-electron chi connectivity index (χ4n) is 3.72. The Labute approximate surface area is 170 Å². The van der Waals surface area contributed by atoms with Crippen molar-refractivity contribution < 1.29 is 4.79 Å². The summed E-state index contributed by atoms with van der Waals surface area (Å²) >= 11 is 5.97. The van der Waals surface area contributed by atoms with Crippen LogP contribution in [0.3, 0.4) is 0 Å². The fraction of sp³-hybridized carbons (Fsp3) is 0.261. The first-order valence-corrected chi connectivity index (χ1v) is 9.96. The van der Waals surface area contributed by atoms with Crippen LogP contribution < -0.4 is 0 Å². The van der Waals surface area contributed by atoms with Gasteiger partial charge in [-0.15, -0.1) is 0 Å². The summed E-state index contributed by atoms with van der Waals surface area (Å²) in [7, 11) is 0. The van der Waals surface area contributed by atoms with Gasteiger partial charge in [-0.1, -0.05) is 29.8 Å². The maximum atomic E-state index is 12.8. The van der Waals surface area contributed by atoms with Crippen molar-refractivity contribution in [3.05, 3.63) is 94.5 Å². The molecule has 1 aliphatic heterocycles. The molecule has 28 heavy (non-hydrogen) atoms. The van der Waals surface area contributed by atoms with E-state index in [1.807, 2.05) is 29.2 Å². The third-order valence-corrected chi connectivity index (χ3v) is 5.43. The molecule has 4 nitrogen and oxygen atoms in total. The summed E-state index contributed by atoms with van der Waals surface area (Å²) in [5.41, 5.74) is 3.99. The lowest BCUT2D eigenvalue weighted by atomic mass is 9.93. The molecular formula is C23H22ClN3O. The lowest BCUT2D eigenvalue weighted by molar-refractivity contribution is 0.0705. The zero-order valence-electron chi connectivity index (χ0n) is 15.6. The minimum atomic E-state index is 0.0735. The summed E-state index contributed by atoms with van der Waals surface area (Å²) in [6.45, 7) is 1.50. The van der Waals surface area contributed by atoms with Gasteiger partial charge >= 0.3 is 0 Å². The number of amides is 1. The average Bonchev–Trinajstić information content (AvgIpc) is 2.76. The minimum absolute atomic E-state index is 0.0735. The molecular weight excluding hydrogens is 370 g/mol. The van der Waals surface area contributed by atoms with Gasteiger partial charge in [0.2, 0.25) is 0 Å². The van der Waals surface area contributed by atoms with E-state index >= 15 is 0 Å². The van der Waals surface area contributed by atoms with Gasteiger partial charge in [-0.2, -0.15) is 0 Å². The van der Waals surface area contributed by atoms with Crippen LogP contribution in [0.4, 0.5) is 0 Å². The molecule has 0 spiro atoms. The molecule has 0 unspecified atom stereocenters. The summed E-state index contributed by atoms with van der Waals surface area (Å²) in [6.07, 6.45) is 6.15. The highest BCUT2D eigenvalue weighted by molar-refractivity contribution is 6.30. The molecule has 0 bridgehead atoms. The Morgan fingerprint density at radius 1 is 1.07 bits per heavy atom. The summed E-state index contributed by atoms with van der Waals surface area (Å²) in [5, 5.41) is 0.742. The van der Waals surface area contributed by atoms with E-state index in [0.717, 1.165) is 42.2 Å². The van der Waals surface area contributed by atoms with Crippen LogP contribution in [0.5, 0.6) is 0 Å². The number of halogens is 1. The second-order valence-electron chi connectivity index (χ2n) is 7.18. The number of nitrogens with zero attached hydrogens (tertiary/aromatic N) is 3. The van der Waals surface area contributed by atoms with Gasteiger partial charge in [0.15, 0.2) is 0 Å². The summed E-state index contributed by atoms with van der Waals surface area (Å²) in [4.78, 5) is 23.6. The van der Waals surface area contributed by atoms with E-state index < -0.39 is 0 Å². The van der Waals surface area contributed by atoms with E-state index in [0.29, 0.717) is 12.1 Å². The number of hydrogen-bond acceptors (Lipinski definition) is 3. The zero-order valence-corrected chi connectivity index (χ0v) is 16.3. The Morgan fingerprint density at radius 3 is 2.64 bits per heavy atom. The van der Waals surface area contributed by atoms with E-state index in [-0.39, 0.29) is 11.8 Å². The molecule has 1 aromatic carbocycles. The fourth-order valence-corrected chi connectivity index (χ4v) is 3.84. The van der Waals surface area contributed by atoms with E-state index in [1.54, 1.807) is 24.5 Å². The Balaban J connectivity index is 1.47. The average molecular weight is 392 g/mol. The van der Waals surface area contributed by atoms with Crippen molar-refractivity contribution in [1.29, 1.82) is 0 Å². The lowest BCUT2D eigenvalue weighted by Gasteiger charge is -2.32. The molecule has 1 aliphatic rings. The van der Waals surface area contributed by atoms with Gasteiger partial charge in [0.05, 0.1) is 0 Å². The number of pyridine rings is 2. The van der Waals surface area contributed by atoms with Crippen LogP contribution in [0, 0.1) is 0 Å². The number of hydrogen-bond donors (Lipinski definition) is 0. The lowest BCUT2D eigenvalue weighted by Crippen LogP contribution is -2.39. The molecule has 1 atom stereocenters. The number of benzene rings is 1. The van der Waals surface area contributed by atoms with Crippen molar-refractivity contribution in [2.24, 2.45) is 0 Å². The molecule has 1 amide bonds. The molecule has 2 aromatic heterocycles. The van der Waals surface area contributed by atoms with Gasteiger partial charge in [-0.25, -0.2) is 0 Å². The molecule has 0 N–H and O–H groups in total. The van der Waals surface area contributed by atoms with Crippen LogP contribution in [0.1, 0.15) is 46.1 Å². The Bertz CT molecular complexity index is 944. The highest BCUT2D eigenvalue weighted by Gasteiger charge is 2.26. The summed E-state index contributed by atoms with van der Waals surface area (Å²) in [6, 6.07) is 17.6. The molecule has 5 heteroatoms. The van der Waals surface area contributed by atoms with Gasteiger partial charge < -0.3 is 4.90 Å². The van der Waals surface area contributed by atoms with E-state index in [1.165, 1.54) is 5.56 Å². The molecule has 3 heterocycles. The van der Waals surface area contributed by atoms with Crippen molar-refractivity contribution >= 4 is 17.5 Å². The van der Waals surface area contributed by atoms with Crippen molar-refractivity contribution in [1.82, 2.24) is 14.9 Å². The summed E-state index contributed by atoms with van der Waals surface area (Å²) < 4.78 is 0. The van der Waals surface area contributed by atoms with Crippen molar-refractivity contribution in [3.8, 4) is 0 Å². The van der Waals surface area contributed by atoms with Gasteiger partial charge in [-0.05, 0) is 54.8 Å². The van der Waals surface area contributed by atoms with Crippen molar-refractivity contribution in [2.75, 3.05) is 13.1 Å². The smallest absolute Gasteiger partial charge is 0.253 e. The molecule has 4 rings (SSSR count). The van der Waals surface area contributed by atoms with Crippen LogP contribution >= 0.6 is 11.6 Å². The molecule has 1 fully saturated rings. The van der Waals surface area contributed by atoms with Gasteiger partial charge in [0, 0.05) is 59.8 Å². The minimum Gasteiger partial charge on any atom is -0.338 e. The Hall–Kier alpha value is -2.72. The molecule has 0 radical (unpaired) electrons. The molecule has 1 saturated heterocycles. The van der Waals surface area contributed by atoms with Crippen molar-refractivity contribution in [3.63, 3.8) is 0 Å². The first kappa shape index (κ1) is 18.6. The monoisotopic (exact) mass is 391 g/mol. The third kappa shape index (κ3) is 4.39. The van der Waals surface area contributed by atoms with E-state index in [9.17, 15) is 4.79 Å². The standard InChI is InChI=1S/C23H22ClN3O/c24-20-8-6-17(7-9-20)15-21-4-1-5-22(26-21)19-3-2-14-27(16-19)23(28)18-10-12-25-13-11-18/h1,4-13,19H,2-3,14-16H2/t19-/m0/s1. The van der Waals surface area contributed by atoms with Crippen LogP contribution in [-0.2, 0) is 6.42 Å². The topological polar surface area (TPSA) is 46.1 Å². The Kier molecular flexibility index (Phi) is 5.68. The molecule has 0 aliphatic carbocycles. The van der Waals surface area contributed by atoms with Gasteiger partial charge in [0.25, 0.3) is 5.91 Å². The van der Waals surface area contributed by atoms with Crippen LogP contribution in [0.15, 0.2) is 67.0 Å². The normalized spacial score (nSPS) is 16.8. The molecule has 3 aromatic rings. The number of piperidine rings is 1. The quantitative estimate of drug-likeness (QED) is 0.645. The third-order valence-electron chi connectivity index (χ3n) is 5.18. The number of carbonyl (C=O) groups is 1. The largest absolute Gasteiger partial charge is 0.338 e.